The lowest BCUT2D eigenvalue weighted by molar-refractivity contribution is -0.117. The van der Waals surface area contributed by atoms with Gasteiger partial charge in [0.05, 0.1) is 21.7 Å². The molecule has 9 nitrogen and oxygen atoms in total. The molecule has 1 aliphatic heterocycles. The first-order valence-corrected chi connectivity index (χ1v) is 11.8. The molecule has 0 saturated heterocycles. The van der Waals surface area contributed by atoms with E-state index in [0.29, 0.717) is 16.3 Å². The second-order valence-corrected chi connectivity index (χ2v) is 9.98. The summed E-state index contributed by atoms with van der Waals surface area (Å²) in [6.07, 6.45) is 4.34. The van der Waals surface area contributed by atoms with E-state index >= 15 is 0 Å². The van der Waals surface area contributed by atoms with E-state index in [1.54, 1.807) is 4.90 Å². The third kappa shape index (κ3) is 4.06. The molecule has 29 heavy (non-hydrogen) atoms. The Balaban J connectivity index is 1.53. The van der Waals surface area contributed by atoms with Gasteiger partial charge >= 0.3 is 0 Å². The molecule has 1 aromatic carbocycles. The second-order valence-electron chi connectivity index (χ2n) is 6.95. The van der Waals surface area contributed by atoms with Crippen LogP contribution in [0, 0.1) is 0 Å². The minimum Gasteiger partial charge on any atom is -0.324 e. The summed E-state index contributed by atoms with van der Waals surface area (Å²) in [5.74, 6) is -0.312. The zero-order valence-electron chi connectivity index (χ0n) is 15.5. The maximum Gasteiger partial charge on any atom is 0.292 e. The molecule has 1 aromatic heterocycles. The molecule has 1 fully saturated rings. The number of nitrogens with one attached hydrogen (secondary N) is 1. The molecular weight excluding hydrogens is 416 g/mol. The number of benzene rings is 1. The highest BCUT2D eigenvalue weighted by molar-refractivity contribution is 8.00. The average molecular weight is 434 g/mol. The van der Waals surface area contributed by atoms with Crippen LogP contribution >= 0.6 is 11.8 Å². The Morgan fingerprint density at radius 3 is 2.55 bits per heavy atom. The summed E-state index contributed by atoms with van der Waals surface area (Å²) in [6.45, 7) is -0.322. The molecule has 1 aliphatic carbocycles. The number of aromatic nitrogens is 2. The third-order valence-electron chi connectivity index (χ3n) is 4.62. The molecule has 1 N–H and O–H groups in total. The van der Waals surface area contributed by atoms with Crippen LogP contribution in [-0.2, 0) is 26.0 Å². The molecule has 2 heterocycles. The van der Waals surface area contributed by atoms with Crippen LogP contribution in [0.4, 0.5) is 11.4 Å². The van der Waals surface area contributed by atoms with Gasteiger partial charge in [0.15, 0.2) is 9.84 Å². The van der Waals surface area contributed by atoms with E-state index in [-0.39, 0.29) is 29.1 Å². The minimum absolute atomic E-state index is 0.0490. The van der Waals surface area contributed by atoms with Gasteiger partial charge < -0.3 is 10.2 Å². The van der Waals surface area contributed by atoms with E-state index in [9.17, 15) is 22.8 Å². The highest BCUT2D eigenvalue weighted by atomic mass is 32.2. The van der Waals surface area contributed by atoms with Gasteiger partial charge in [-0.2, -0.15) is 5.10 Å². The lowest BCUT2D eigenvalue weighted by Gasteiger charge is -2.28. The molecule has 2 aromatic rings. The van der Waals surface area contributed by atoms with Crippen molar-refractivity contribution >= 4 is 44.8 Å². The zero-order chi connectivity index (χ0) is 20.8. The predicted octanol–water partition coefficient (Wildman–Crippen LogP) is 0.887. The van der Waals surface area contributed by atoms with E-state index in [1.165, 1.54) is 42.2 Å². The van der Waals surface area contributed by atoms with Gasteiger partial charge in [0.25, 0.3) is 5.56 Å². The smallest absolute Gasteiger partial charge is 0.292 e. The van der Waals surface area contributed by atoms with Crippen LogP contribution in [0.15, 0.2) is 45.0 Å². The van der Waals surface area contributed by atoms with Crippen LogP contribution in [-0.4, -0.2) is 48.1 Å². The van der Waals surface area contributed by atoms with Crippen molar-refractivity contribution in [3.05, 3.63) is 40.8 Å². The summed E-state index contributed by atoms with van der Waals surface area (Å²) in [6, 6.07) is 5.78. The van der Waals surface area contributed by atoms with Crippen molar-refractivity contribution < 1.29 is 18.0 Å². The summed E-state index contributed by atoms with van der Waals surface area (Å²) in [7, 11) is -3.33. The van der Waals surface area contributed by atoms with Gasteiger partial charge in [-0.05, 0) is 37.1 Å². The molecule has 0 atom stereocenters. The quantitative estimate of drug-likeness (QED) is 0.742. The number of sulfone groups is 1. The Hall–Kier alpha value is -2.66. The average Bonchev–Trinajstić information content (AvgIpc) is 3.49. The molecular formula is C18H18N4O5S2. The Morgan fingerprint density at radius 2 is 1.93 bits per heavy atom. The second kappa shape index (κ2) is 7.30. The van der Waals surface area contributed by atoms with Gasteiger partial charge in [-0.3, -0.25) is 14.4 Å². The van der Waals surface area contributed by atoms with Crippen LogP contribution in [0.5, 0.6) is 0 Å². The van der Waals surface area contributed by atoms with E-state index in [2.05, 4.69) is 10.4 Å². The summed E-state index contributed by atoms with van der Waals surface area (Å²) < 4.78 is 24.0. The van der Waals surface area contributed by atoms with Crippen molar-refractivity contribution in [2.24, 2.45) is 0 Å². The number of hydrogen-bond acceptors (Lipinski definition) is 7. The van der Waals surface area contributed by atoms with Gasteiger partial charge in [-0.1, -0.05) is 0 Å². The molecule has 0 radical (unpaired) electrons. The van der Waals surface area contributed by atoms with E-state index < -0.39 is 21.3 Å². The topological polar surface area (TPSA) is 118 Å². The van der Waals surface area contributed by atoms with Gasteiger partial charge in [-0.25, -0.2) is 13.1 Å². The monoisotopic (exact) mass is 434 g/mol. The lowest BCUT2D eigenvalue weighted by atomic mass is 10.3. The lowest BCUT2D eigenvalue weighted by Crippen LogP contribution is -2.43. The zero-order valence-corrected chi connectivity index (χ0v) is 17.1. The molecule has 11 heteroatoms. The number of carbonyl (C=O) groups excluding carboxylic acids is 2. The largest absolute Gasteiger partial charge is 0.324 e. The normalized spacial score (nSPS) is 16.4. The molecule has 152 valence electrons. The summed E-state index contributed by atoms with van der Waals surface area (Å²) >= 11 is 1.28. The number of amides is 2. The first-order chi connectivity index (χ1) is 13.7. The first kappa shape index (κ1) is 19.6. The van der Waals surface area contributed by atoms with E-state index in [1.807, 2.05) is 0 Å². The number of anilines is 2. The Bertz CT molecular complexity index is 1150. The Labute approximate surface area is 171 Å². The van der Waals surface area contributed by atoms with Crippen LogP contribution < -0.4 is 15.8 Å². The standard InChI is InChI=1S/C18H18N4O5S2/c1-29(26,27)13-6-2-11(3-7-13)20-15(23)9-21-18(25)17-14(8-19-21)28-10-16(24)22(17)12-4-5-12/h2-3,6-8,12H,4-5,9-10H2,1H3,(H,20,23). The molecule has 2 aliphatic rings. The third-order valence-corrected chi connectivity index (χ3v) is 6.75. The summed E-state index contributed by atoms with van der Waals surface area (Å²) in [5, 5.41) is 6.68. The van der Waals surface area contributed by atoms with Crippen LogP contribution in [0.2, 0.25) is 0 Å². The number of nitrogens with zero attached hydrogens (tertiary/aromatic N) is 3. The van der Waals surface area contributed by atoms with Crippen molar-refractivity contribution in [1.82, 2.24) is 9.78 Å². The maximum atomic E-state index is 12.9. The molecule has 2 amide bonds. The van der Waals surface area contributed by atoms with Crippen LogP contribution in [0.25, 0.3) is 0 Å². The highest BCUT2D eigenvalue weighted by Crippen LogP contribution is 2.38. The molecule has 1 saturated carbocycles. The number of hydrogen-bond donors (Lipinski definition) is 1. The van der Waals surface area contributed by atoms with E-state index in [0.717, 1.165) is 23.8 Å². The number of carbonyl (C=O) groups is 2. The highest BCUT2D eigenvalue weighted by Gasteiger charge is 2.39. The van der Waals surface area contributed by atoms with Gasteiger partial charge in [0.2, 0.25) is 11.8 Å². The van der Waals surface area contributed by atoms with Crippen molar-refractivity contribution in [3.8, 4) is 0 Å². The van der Waals surface area contributed by atoms with Crippen molar-refractivity contribution in [1.29, 1.82) is 0 Å². The van der Waals surface area contributed by atoms with Gasteiger partial charge in [-0.15, -0.1) is 11.8 Å². The van der Waals surface area contributed by atoms with Crippen LogP contribution in [0.1, 0.15) is 12.8 Å². The number of fused-ring (bicyclic) bond motifs is 1. The van der Waals surface area contributed by atoms with Crippen molar-refractivity contribution in [2.45, 2.75) is 35.2 Å². The molecule has 0 unspecified atom stereocenters. The predicted molar refractivity (Wildman–Crippen MR) is 108 cm³/mol. The first-order valence-electron chi connectivity index (χ1n) is 8.89. The van der Waals surface area contributed by atoms with Gasteiger partial charge in [0.1, 0.15) is 12.2 Å². The SMILES string of the molecule is CS(=O)(=O)c1ccc(NC(=O)Cn2ncc3c(c2=O)N(C2CC2)C(=O)CS3)cc1. The summed E-state index contributed by atoms with van der Waals surface area (Å²) in [5.41, 5.74) is 0.227. The maximum absolute atomic E-state index is 12.9. The van der Waals surface area contributed by atoms with Crippen LogP contribution in [0.3, 0.4) is 0 Å². The fraction of sp³-hybridized carbons (Fsp3) is 0.333. The Kier molecular flexibility index (Phi) is 4.95. The van der Waals surface area contributed by atoms with Gasteiger partial charge in [0, 0.05) is 18.0 Å². The fourth-order valence-electron chi connectivity index (χ4n) is 3.08. The van der Waals surface area contributed by atoms with E-state index in [4.69, 9.17) is 0 Å². The van der Waals surface area contributed by atoms with Crippen molar-refractivity contribution in [2.75, 3.05) is 22.2 Å². The Morgan fingerprint density at radius 1 is 1.24 bits per heavy atom. The number of rotatable bonds is 5. The molecule has 4 rings (SSSR count). The fourth-order valence-corrected chi connectivity index (χ4v) is 4.57. The molecule has 0 spiro atoms. The minimum atomic E-state index is -3.33. The molecule has 0 bridgehead atoms. The number of thioether (sulfide) groups is 1. The summed E-state index contributed by atoms with van der Waals surface area (Å²) in [4.78, 5) is 39.9. The van der Waals surface area contributed by atoms with Crippen molar-refractivity contribution in [3.63, 3.8) is 0 Å².